The van der Waals surface area contributed by atoms with E-state index in [9.17, 15) is 0 Å². The maximum atomic E-state index is 4.61. The number of aromatic nitrogens is 1. The van der Waals surface area contributed by atoms with Crippen molar-refractivity contribution in [3.63, 3.8) is 0 Å². The first-order valence-corrected chi connectivity index (χ1v) is 8.05. The predicted octanol–water partition coefficient (Wildman–Crippen LogP) is 3.20. The van der Waals surface area contributed by atoms with E-state index < -0.39 is 0 Å². The zero-order chi connectivity index (χ0) is 14.4. The fourth-order valence-corrected chi connectivity index (χ4v) is 3.25. The van der Waals surface area contributed by atoms with Gasteiger partial charge in [0.25, 0.3) is 0 Å². The number of nitrogens with zero attached hydrogens (tertiary/aromatic N) is 2. The molecule has 0 radical (unpaired) electrons. The highest BCUT2D eigenvalue weighted by molar-refractivity contribution is 5.14. The molecule has 112 valence electrons. The van der Waals surface area contributed by atoms with Crippen molar-refractivity contribution in [1.82, 2.24) is 15.2 Å². The minimum atomic E-state index is 0.729. The van der Waals surface area contributed by atoms with Crippen LogP contribution in [-0.4, -0.2) is 29.5 Å². The Bertz CT molecular complexity index is 388. The Hall–Kier alpha value is -0.930. The Morgan fingerprint density at radius 3 is 2.75 bits per heavy atom. The molecule has 0 spiro atoms. The summed E-state index contributed by atoms with van der Waals surface area (Å²) in [7, 11) is 2.25. The molecule has 1 aromatic heterocycles. The Balaban J connectivity index is 1.88. The van der Waals surface area contributed by atoms with Gasteiger partial charge in [-0.15, -0.1) is 0 Å². The van der Waals surface area contributed by atoms with Gasteiger partial charge in [-0.1, -0.05) is 32.8 Å². The van der Waals surface area contributed by atoms with E-state index in [2.05, 4.69) is 48.2 Å². The second kappa shape index (κ2) is 7.75. The highest BCUT2D eigenvalue weighted by atomic mass is 15.1. The van der Waals surface area contributed by atoms with E-state index in [1.54, 1.807) is 0 Å². The van der Waals surface area contributed by atoms with E-state index in [0.29, 0.717) is 0 Å². The average Bonchev–Trinajstić information content (AvgIpc) is 2.47. The highest BCUT2D eigenvalue weighted by Gasteiger charge is 2.24. The third-order valence-electron chi connectivity index (χ3n) is 4.51. The first-order valence-electron chi connectivity index (χ1n) is 8.05. The lowest BCUT2D eigenvalue weighted by molar-refractivity contribution is 0.132. The molecule has 2 atom stereocenters. The van der Waals surface area contributed by atoms with Crippen LogP contribution in [0.25, 0.3) is 0 Å². The third kappa shape index (κ3) is 4.29. The summed E-state index contributed by atoms with van der Waals surface area (Å²) in [6, 6.07) is 5.10. The average molecular weight is 275 g/mol. The lowest BCUT2D eigenvalue weighted by Crippen LogP contribution is -2.38. The number of pyridine rings is 1. The largest absolute Gasteiger partial charge is 0.313 e. The molecule has 2 unspecified atom stereocenters. The van der Waals surface area contributed by atoms with Crippen LogP contribution < -0.4 is 5.32 Å². The van der Waals surface area contributed by atoms with E-state index >= 15 is 0 Å². The van der Waals surface area contributed by atoms with Gasteiger partial charge in [-0.05, 0) is 44.0 Å². The predicted molar refractivity (Wildman–Crippen MR) is 84.5 cm³/mol. The Kier molecular flexibility index (Phi) is 5.99. The van der Waals surface area contributed by atoms with Crippen LogP contribution in [0.15, 0.2) is 18.3 Å². The van der Waals surface area contributed by atoms with Gasteiger partial charge in [-0.3, -0.25) is 9.88 Å². The normalized spacial score (nSPS) is 23.2. The molecule has 20 heavy (non-hydrogen) atoms. The van der Waals surface area contributed by atoms with Crippen molar-refractivity contribution in [3.8, 4) is 0 Å². The van der Waals surface area contributed by atoms with Gasteiger partial charge in [0.2, 0.25) is 0 Å². The van der Waals surface area contributed by atoms with Crippen molar-refractivity contribution < 1.29 is 0 Å². The molecule has 1 aliphatic rings. The minimum absolute atomic E-state index is 0.729. The van der Waals surface area contributed by atoms with Gasteiger partial charge in [0, 0.05) is 25.3 Å². The highest BCUT2D eigenvalue weighted by Crippen LogP contribution is 2.27. The summed E-state index contributed by atoms with van der Waals surface area (Å²) in [5.74, 6) is 0.821. The lowest BCUT2D eigenvalue weighted by atomic mass is 9.85. The zero-order valence-corrected chi connectivity index (χ0v) is 13.2. The van der Waals surface area contributed by atoms with Crippen molar-refractivity contribution in [2.45, 2.75) is 58.7 Å². The molecule has 3 nitrogen and oxygen atoms in total. The number of hydrogen-bond donors (Lipinski definition) is 1. The van der Waals surface area contributed by atoms with Crippen molar-refractivity contribution in [1.29, 1.82) is 0 Å². The van der Waals surface area contributed by atoms with Crippen LogP contribution in [0.5, 0.6) is 0 Å². The van der Waals surface area contributed by atoms with Crippen molar-refractivity contribution >= 4 is 0 Å². The van der Waals surface area contributed by atoms with Gasteiger partial charge in [0.15, 0.2) is 0 Å². The molecular formula is C17H29N3. The standard InChI is InChI=1S/C17H29N3/c1-4-18-11-15-9-10-16(19-12-15)13-20(3)17-8-6-5-7-14(17)2/h9-10,12,14,17-18H,4-8,11,13H2,1-3H3. The molecule has 1 aromatic rings. The van der Waals surface area contributed by atoms with Gasteiger partial charge in [-0.25, -0.2) is 0 Å². The van der Waals surface area contributed by atoms with E-state index in [1.807, 2.05) is 6.20 Å². The van der Waals surface area contributed by atoms with Crippen molar-refractivity contribution in [2.75, 3.05) is 13.6 Å². The molecule has 0 amide bonds. The summed E-state index contributed by atoms with van der Waals surface area (Å²) in [4.78, 5) is 7.11. The van der Waals surface area contributed by atoms with E-state index in [0.717, 1.165) is 31.6 Å². The van der Waals surface area contributed by atoms with Crippen LogP contribution in [-0.2, 0) is 13.1 Å². The monoisotopic (exact) mass is 275 g/mol. The molecule has 1 fully saturated rings. The lowest BCUT2D eigenvalue weighted by Gasteiger charge is -2.36. The smallest absolute Gasteiger partial charge is 0.0544 e. The molecule has 0 saturated heterocycles. The number of hydrogen-bond acceptors (Lipinski definition) is 3. The van der Waals surface area contributed by atoms with Gasteiger partial charge < -0.3 is 5.32 Å². The first-order chi connectivity index (χ1) is 9.70. The number of rotatable bonds is 6. The van der Waals surface area contributed by atoms with Crippen LogP contribution in [0.2, 0.25) is 0 Å². The van der Waals surface area contributed by atoms with Crippen LogP contribution in [0.3, 0.4) is 0 Å². The molecule has 0 aliphatic heterocycles. The molecule has 1 N–H and O–H groups in total. The molecule has 1 aliphatic carbocycles. The van der Waals surface area contributed by atoms with Gasteiger partial charge in [0.1, 0.15) is 0 Å². The van der Waals surface area contributed by atoms with E-state index in [-0.39, 0.29) is 0 Å². The molecule has 1 heterocycles. The van der Waals surface area contributed by atoms with Gasteiger partial charge >= 0.3 is 0 Å². The third-order valence-corrected chi connectivity index (χ3v) is 4.51. The Labute approximate surface area is 123 Å². The summed E-state index contributed by atoms with van der Waals surface area (Å²) >= 11 is 0. The second-order valence-corrected chi connectivity index (χ2v) is 6.18. The molecule has 1 saturated carbocycles. The molecular weight excluding hydrogens is 246 g/mol. The summed E-state index contributed by atoms with van der Waals surface area (Å²) in [5.41, 5.74) is 2.45. The van der Waals surface area contributed by atoms with Crippen LogP contribution in [0.1, 0.15) is 50.8 Å². The summed E-state index contributed by atoms with van der Waals surface area (Å²) < 4.78 is 0. The zero-order valence-electron chi connectivity index (χ0n) is 13.2. The molecule has 0 bridgehead atoms. The van der Waals surface area contributed by atoms with Crippen molar-refractivity contribution in [3.05, 3.63) is 29.6 Å². The second-order valence-electron chi connectivity index (χ2n) is 6.18. The Morgan fingerprint density at radius 2 is 2.10 bits per heavy atom. The van der Waals surface area contributed by atoms with Crippen LogP contribution in [0, 0.1) is 5.92 Å². The van der Waals surface area contributed by atoms with Gasteiger partial charge in [-0.2, -0.15) is 0 Å². The molecule has 3 heteroatoms. The number of nitrogens with one attached hydrogen (secondary N) is 1. The van der Waals surface area contributed by atoms with E-state index in [1.165, 1.54) is 36.9 Å². The maximum absolute atomic E-state index is 4.61. The topological polar surface area (TPSA) is 28.2 Å². The first kappa shape index (κ1) is 15.5. The fourth-order valence-electron chi connectivity index (χ4n) is 3.25. The quantitative estimate of drug-likeness (QED) is 0.864. The van der Waals surface area contributed by atoms with Crippen LogP contribution >= 0.6 is 0 Å². The fraction of sp³-hybridized carbons (Fsp3) is 0.706. The molecule has 2 rings (SSSR count). The maximum Gasteiger partial charge on any atom is 0.0544 e. The molecule has 0 aromatic carbocycles. The summed E-state index contributed by atoms with van der Waals surface area (Å²) in [5, 5.41) is 3.33. The van der Waals surface area contributed by atoms with Gasteiger partial charge in [0.05, 0.1) is 5.69 Å². The summed E-state index contributed by atoms with van der Waals surface area (Å²) in [6.07, 6.45) is 7.52. The van der Waals surface area contributed by atoms with Crippen molar-refractivity contribution in [2.24, 2.45) is 5.92 Å². The Morgan fingerprint density at radius 1 is 1.30 bits per heavy atom. The minimum Gasteiger partial charge on any atom is -0.313 e. The SMILES string of the molecule is CCNCc1ccc(CN(C)C2CCCCC2C)nc1. The summed E-state index contributed by atoms with van der Waals surface area (Å²) in [6.45, 7) is 7.41. The van der Waals surface area contributed by atoms with E-state index in [4.69, 9.17) is 0 Å². The van der Waals surface area contributed by atoms with Crippen LogP contribution in [0.4, 0.5) is 0 Å².